The first-order chi connectivity index (χ1) is 11.9. The molecule has 2 aromatic rings. The van der Waals surface area contributed by atoms with Gasteiger partial charge in [0.2, 0.25) is 0 Å². The average molecular weight is 347 g/mol. The molecule has 7 nitrogen and oxygen atoms in total. The minimum Gasteiger partial charge on any atom is -0.493 e. The molecule has 7 heteroatoms. The second kappa shape index (κ2) is 8.23. The van der Waals surface area contributed by atoms with Gasteiger partial charge in [0.15, 0.2) is 17.3 Å². The Bertz CT molecular complexity index is 752. The van der Waals surface area contributed by atoms with Crippen molar-refractivity contribution in [1.29, 1.82) is 0 Å². The summed E-state index contributed by atoms with van der Waals surface area (Å²) in [5.41, 5.74) is 1.01. The van der Waals surface area contributed by atoms with Crippen LogP contribution in [0.3, 0.4) is 0 Å². The molecule has 0 fully saturated rings. The minimum absolute atomic E-state index is 0.0179. The second-order valence-electron chi connectivity index (χ2n) is 5.71. The third-order valence-electron chi connectivity index (χ3n) is 3.71. The number of carbonyl (C=O) groups excluding carboxylic acids is 1. The Kier molecular flexibility index (Phi) is 6.05. The van der Waals surface area contributed by atoms with Crippen LogP contribution in [0.25, 0.3) is 0 Å². The number of hydrogen-bond donors (Lipinski definition) is 2. The number of aromatic carboxylic acids is 1. The van der Waals surface area contributed by atoms with E-state index in [1.165, 1.54) is 6.07 Å². The molecule has 1 heterocycles. The average Bonchev–Trinajstić information content (AvgIpc) is 3.10. The van der Waals surface area contributed by atoms with Gasteiger partial charge in [0, 0.05) is 12.6 Å². The minimum atomic E-state index is -1.13. The summed E-state index contributed by atoms with van der Waals surface area (Å²) in [6, 6.07) is 6.90. The standard InChI is InChI=1S/C18H21NO6/c1-11(6-12-4-5-14(23-2)15(7-12)24-3)9-19-17(20)16-8-13(10-25-16)18(21)22/h4-5,7-8,10-11H,6,9H2,1-3H3,(H,19,20)(H,21,22). The van der Waals surface area contributed by atoms with Crippen molar-refractivity contribution in [2.24, 2.45) is 5.92 Å². The first-order valence-electron chi connectivity index (χ1n) is 7.75. The third-order valence-corrected chi connectivity index (χ3v) is 3.71. The summed E-state index contributed by atoms with van der Waals surface area (Å²) in [7, 11) is 3.17. The van der Waals surface area contributed by atoms with Crippen LogP contribution in [0.4, 0.5) is 0 Å². The number of carboxylic acid groups (broad SMARTS) is 1. The number of carboxylic acids is 1. The molecule has 2 N–H and O–H groups in total. The fourth-order valence-electron chi connectivity index (χ4n) is 2.40. The lowest BCUT2D eigenvalue weighted by atomic mass is 10.0. The first kappa shape index (κ1) is 18.4. The number of rotatable bonds is 8. The van der Waals surface area contributed by atoms with Crippen LogP contribution in [0.5, 0.6) is 11.5 Å². The van der Waals surface area contributed by atoms with Gasteiger partial charge in [-0.2, -0.15) is 0 Å². The summed E-state index contributed by atoms with van der Waals surface area (Å²) in [5.74, 6) is -0.102. The third kappa shape index (κ3) is 4.76. The number of furan rings is 1. The summed E-state index contributed by atoms with van der Waals surface area (Å²) in [5, 5.41) is 11.6. The van der Waals surface area contributed by atoms with Crippen molar-refractivity contribution in [1.82, 2.24) is 5.32 Å². The first-order valence-corrected chi connectivity index (χ1v) is 7.75. The number of benzene rings is 1. The predicted octanol–water partition coefficient (Wildman–Crippen LogP) is 2.60. The molecule has 0 saturated heterocycles. The topological polar surface area (TPSA) is 98.0 Å². The van der Waals surface area contributed by atoms with E-state index in [4.69, 9.17) is 19.0 Å². The number of hydrogen-bond acceptors (Lipinski definition) is 5. The highest BCUT2D eigenvalue weighted by molar-refractivity contribution is 5.95. The van der Waals surface area contributed by atoms with Crippen molar-refractivity contribution < 1.29 is 28.6 Å². The Hall–Kier alpha value is -2.96. The van der Waals surface area contributed by atoms with Crippen molar-refractivity contribution in [3.05, 3.63) is 47.4 Å². The van der Waals surface area contributed by atoms with Gasteiger partial charge in [-0.15, -0.1) is 0 Å². The lowest BCUT2D eigenvalue weighted by molar-refractivity contribution is 0.0695. The Morgan fingerprint density at radius 1 is 1.20 bits per heavy atom. The Labute approximate surface area is 145 Å². The number of amides is 1. The van der Waals surface area contributed by atoms with E-state index in [0.717, 1.165) is 18.2 Å². The molecule has 1 atom stereocenters. The highest BCUT2D eigenvalue weighted by atomic mass is 16.5. The molecule has 25 heavy (non-hydrogen) atoms. The van der Waals surface area contributed by atoms with Crippen LogP contribution in [-0.4, -0.2) is 37.7 Å². The molecule has 0 aliphatic rings. The monoisotopic (exact) mass is 347 g/mol. The maximum atomic E-state index is 12.0. The summed E-state index contributed by atoms with van der Waals surface area (Å²) in [6.07, 6.45) is 1.78. The van der Waals surface area contributed by atoms with Crippen molar-refractivity contribution in [2.75, 3.05) is 20.8 Å². The SMILES string of the molecule is COc1ccc(CC(C)CNC(=O)c2cc(C(=O)O)co2)cc1OC. The van der Waals surface area contributed by atoms with Crippen molar-refractivity contribution in [2.45, 2.75) is 13.3 Å². The van der Waals surface area contributed by atoms with Gasteiger partial charge in [-0.25, -0.2) is 4.79 Å². The highest BCUT2D eigenvalue weighted by Gasteiger charge is 2.15. The molecule has 0 aliphatic carbocycles. The van der Waals surface area contributed by atoms with Crippen LogP contribution in [0.2, 0.25) is 0 Å². The number of carbonyl (C=O) groups is 2. The van der Waals surface area contributed by atoms with E-state index in [0.29, 0.717) is 18.0 Å². The van der Waals surface area contributed by atoms with Crippen LogP contribution < -0.4 is 14.8 Å². The van der Waals surface area contributed by atoms with Crippen molar-refractivity contribution in [3.8, 4) is 11.5 Å². The zero-order chi connectivity index (χ0) is 18.4. The van der Waals surface area contributed by atoms with Crippen molar-refractivity contribution >= 4 is 11.9 Å². The quantitative estimate of drug-likeness (QED) is 0.762. The van der Waals surface area contributed by atoms with Gasteiger partial charge in [-0.1, -0.05) is 13.0 Å². The van der Waals surface area contributed by atoms with Crippen LogP contribution >= 0.6 is 0 Å². The molecule has 0 radical (unpaired) electrons. The summed E-state index contributed by atoms with van der Waals surface area (Å²) < 4.78 is 15.5. The molecule has 0 bridgehead atoms. The van der Waals surface area contributed by atoms with Crippen molar-refractivity contribution in [3.63, 3.8) is 0 Å². The highest BCUT2D eigenvalue weighted by Crippen LogP contribution is 2.28. The molecular formula is C18H21NO6. The lowest BCUT2D eigenvalue weighted by Gasteiger charge is -2.14. The van der Waals surface area contributed by atoms with Crippen LogP contribution in [-0.2, 0) is 6.42 Å². The van der Waals surface area contributed by atoms with E-state index in [-0.39, 0.29) is 17.2 Å². The van der Waals surface area contributed by atoms with Crippen LogP contribution in [0, 0.1) is 5.92 Å². The zero-order valence-corrected chi connectivity index (χ0v) is 14.4. The van der Waals surface area contributed by atoms with Gasteiger partial charge in [-0.05, 0) is 30.0 Å². The predicted molar refractivity (Wildman–Crippen MR) is 90.4 cm³/mol. The molecule has 2 rings (SSSR count). The van der Waals surface area contributed by atoms with E-state index in [2.05, 4.69) is 5.32 Å². The molecule has 1 aromatic heterocycles. The fourth-order valence-corrected chi connectivity index (χ4v) is 2.40. The van der Waals surface area contributed by atoms with Gasteiger partial charge < -0.3 is 24.3 Å². The number of methoxy groups -OCH3 is 2. The Morgan fingerprint density at radius 2 is 1.92 bits per heavy atom. The summed E-state index contributed by atoms with van der Waals surface area (Å²) in [6.45, 7) is 2.43. The molecule has 0 saturated carbocycles. The van der Waals surface area contributed by atoms with Gasteiger partial charge in [-0.3, -0.25) is 4.79 Å². The van der Waals surface area contributed by atoms with E-state index < -0.39 is 11.9 Å². The lowest BCUT2D eigenvalue weighted by Crippen LogP contribution is -2.28. The Balaban J connectivity index is 1.90. The van der Waals surface area contributed by atoms with Gasteiger partial charge in [0.25, 0.3) is 5.91 Å². The van der Waals surface area contributed by atoms with Gasteiger partial charge in [0.1, 0.15) is 6.26 Å². The largest absolute Gasteiger partial charge is 0.493 e. The van der Waals surface area contributed by atoms with Crippen LogP contribution in [0.1, 0.15) is 33.4 Å². The van der Waals surface area contributed by atoms with E-state index in [1.54, 1.807) is 14.2 Å². The fraction of sp³-hybridized carbons (Fsp3) is 0.333. The Morgan fingerprint density at radius 3 is 2.52 bits per heavy atom. The van der Waals surface area contributed by atoms with E-state index in [1.807, 2.05) is 25.1 Å². The normalized spacial score (nSPS) is 11.6. The van der Waals surface area contributed by atoms with Gasteiger partial charge in [0.05, 0.1) is 19.8 Å². The molecular weight excluding hydrogens is 326 g/mol. The molecule has 1 unspecified atom stereocenters. The smallest absolute Gasteiger partial charge is 0.338 e. The summed E-state index contributed by atoms with van der Waals surface area (Å²) in [4.78, 5) is 22.8. The molecule has 0 spiro atoms. The number of nitrogens with one attached hydrogen (secondary N) is 1. The van der Waals surface area contributed by atoms with E-state index >= 15 is 0 Å². The second-order valence-corrected chi connectivity index (χ2v) is 5.71. The molecule has 1 amide bonds. The van der Waals surface area contributed by atoms with Crippen LogP contribution in [0.15, 0.2) is 34.9 Å². The van der Waals surface area contributed by atoms with Gasteiger partial charge >= 0.3 is 5.97 Å². The maximum absolute atomic E-state index is 12.0. The van der Waals surface area contributed by atoms with E-state index in [9.17, 15) is 9.59 Å². The number of ether oxygens (including phenoxy) is 2. The summed E-state index contributed by atoms with van der Waals surface area (Å²) >= 11 is 0. The molecule has 0 aliphatic heterocycles. The zero-order valence-electron chi connectivity index (χ0n) is 14.4. The maximum Gasteiger partial charge on any atom is 0.338 e. The molecule has 134 valence electrons. The molecule has 1 aromatic carbocycles.